The SMILES string of the molecule is CC(C)(C)CCC(CCl)(CCl)c1cccc(Br)c1. The lowest BCUT2D eigenvalue weighted by Crippen LogP contribution is -2.32. The van der Waals surface area contributed by atoms with Crippen LogP contribution in [0.5, 0.6) is 0 Å². The molecule has 1 aromatic carbocycles. The molecule has 0 heterocycles. The molecule has 18 heavy (non-hydrogen) atoms. The Hall–Kier alpha value is 0.280. The monoisotopic (exact) mass is 350 g/mol. The number of alkyl halides is 2. The number of hydrogen-bond acceptors (Lipinski definition) is 0. The fourth-order valence-corrected chi connectivity index (χ4v) is 3.16. The van der Waals surface area contributed by atoms with Gasteiger partial charge in [-0.3, -0.25) is 0 Å². The average molecular weight is 352 g/mol. The van der Waals surface area contributed by atoms with Gasteiger partial charge in [0.1, 0.15) is 0 Å². The molecule has 1 aromatic rings. The van der Waals surface area contributed by atoms with Crippen LogP contribution >= 0.6 is 39.1 Å². The first-order valence-electron chi connectivity index (χ1n) is 6.21. The highest BCUT2D eigenvalue weighted by Crippen LogP contribution is 2.37. The van der Waals surface area contributed by atoms with E-state index in [1.165, 1.54) is 5.56 Å². The van der Waals surface area contributed by atoms with Gasteiger partial charge in [-0.1, -0.05) is 48.8 Å². The van der Waals surface area contributed by atoms with E-state index in [1.807, 2.05) is 12.1 Å². The Labute approximate surface area is 129 Å². The van der Waals surface area contributed by atoms with Crippen molar-refractivity contribution in [2.75, 3.05) is 11.8 Å². The van der Waals surface area contributed by atoms with Gasteiger partial charge in [-0.25, -0.2) is 0 Å². The van der Waals surface area contributed by atoms with Crippen LogP contribution in [0.25, 0.3) is 0 Å². The molecule has 0 amide bonds. The van der Waals surface area contributed by atoms with Gasteiger partial charge in [0.05, 0.1) is 0 Å². The molecule has 0 aliphatic carbocycles. The normalized spacial score (nSPS) is 12.8. The van der Waals surface area contributed by atoms with Crippen molar-refractivity contribution in [3.05, 3.63) is 34.3 Å². The zero-order valence-corrected chi connectivity index (χ0v) is 14.4. The van der Waals surface area contributed by atoms with Crippen molar-refractivity contribution in [1.82, 2.24) is 0 Å². The molecule has 0 atom stereocenters. The van der Waals surface area contributed by atoms with Crippen LogP contribution in [0.3, 0.4) is 0 Å². The number of benzene rings is 1. The summed E-state index contributed by atoms with van der Waals surface area (Å²) in [4.78, 5) is 0. The van der Waals surface area contributed by atoms with E-state index in [0.717, 1.165) is 17.3 Å². The van der Waals surface area contributed by atoms with Gasteiger partial charge in [0.25, 0.3) is 0 Å². The summed E-state index contributed by atoms with van der Waals surface area (Å²) in [6.45, 7) is 6.75. The molecule has 0 aliphatic heterocycles. The summed E-state index contributed by atoms with van der Waals surface area (Å²) in [5.41, 5.74) is 1.40. The van der Waals surface area contributed by atoms with E-state index in [2.05, 4.69) is 48.8 Å². The van der Waals surface area contributed by atoms with Gasteiger partial charge < -0.3 is 0 Å². The van der Waals surface area contributed by atoms with E-state index in [-0.39, 0.29) is 5.41 Å². The van der Waals surface area contributed by atoms with Crippen LogP contribution in [0.1, 0.15) is 39.2 Å². The molecule has 0 saturated carbocycles. The maximum atomic E-state index is 6.24. The minimum Gasteiger partial charge on any atom is -0.126 e. The second kappa shape index (κ2) is 6.63. The second-order valence-corrected chi connectivity index (χ2v) is 7.57. The molecule has 0 saturated heterocycles. The first-order valence-corrected chi connectivity index (χ1v) is 8.07. The highest BCUT2D eigenvalue weighted by Gasteiger charge is 2.32. The molecule has 0 aliphatic rings. The summed E-state index contributed by atoms with van der Waals surface area (Å²) in [5, 5.41) is 0. The molecule has 0 bridgehead atoms. The van der Waals surface area contributed by atoms with Crippen molar-refractivity contribution in [2.24, 2.45) is 5.41 Å². The van der Waals surface area contributed by atoms with Crippen molar-refractivity contribution in [3.8, 4) is 0 Å². The lowest BCUT2D eigenvalue weighted by Gasteiger charge is -2.33. The van der Waals surface area contributed by atoms with E-state index in [9.17, 15) is 0 Å². The Kier molecular flexibility index (Phi) is 6.02. The van der Waals surface area contributed by atoms with E-state index < -0.39 is 0 Å². The largest absolute Gasteiger partial charge is 0.126 e. The van der Waals surface area contributed by atoms with Gasteiger partial charge in [-0.15, -0.1) is 23.2 Å². The van der Waals surface area contributed by atoms with Gasteiger partial charge in [0, 0.05) is 21.6 Å². The third-order valence-corrected chi connectivity index (χ3v) is 4.82. The van der Waals surface area contributed by atoms with Crippen molar-refractivity contribution >= 4 is 39.1 Å². The molecule has 0 spiro atoms. The summed E-state index contributed by atoms with van der Waals surface area (Å²) in [7, 11) is 0. The summed E-state index contributed by atoms with van der Waals surface area (Å²) >= 11 is 16.0. The smallest absolute Gasteiger partial charge is 0.0332 e. The minimum absolute atomic E-state index is 0.125. The molecule has 3 heteroatoms. The van der Waals surface area contributed by atoms with Crippen molar-refractivity contribution < 1.29 is 0 Å². The van der Waals surface area contributed by atoms with E-state index in [1.54, 1.807) is 0 Å². The topological polar surface area (TPSA) is 0 Å². The summed E-state index contributed by atoms with van der Waals surface area (Å²) < 4.78 is 1.08. The lowest BCUT2D eigenvalue weighted by molar-refractivity contribution is 0.318. The standard InChI is InChI=1S/C15H21BrCl2/c1-14(2,3)7-8-15(10-17,11-18)12-5-4-6-13(16)9-12/h4-6,9H,7-8,10-11H2,1-3H3. The molecule has 0 nitrogen and oxygen atoms in total. The first kappa shape index (κ1) is 16.3. The fourth-order valence-electron chi connectivity index (χ4n) is 1.90. The predicted molar refractivity (Wildman–Crippen MR) is 85.9 cm³/mol. The summed E-state index contributed by atoms with van der Waals surface area (Å²) in [5.74, 6) is 1.12. The maximum Gasteiger partial charge on any atom is 0.0332 e. The zero-order chi connectivity index (χ0) is 13.8. The van der Waals surface area contributed by atoms with Crippen LogP contribution < -0.4 is 0 Å². The van der Waals surface area contributed by atoms with Crippen LogP contribution in [0.2, 0.25) is 0 Å². The van der Waals surface area contributed by atoms with Crippen LogP contribution in [0.15, 0.2) is 28.7 Å². The quantitative estimate of drug-likeness (QED) is 0.571. The number of halogens is 3. The molecule has 1 rings (SSSR count). The van der Waals surface area contributed by atoms with E-state index >= 15 is 0 Å². The number of rotatable bonds is 5. The lowest BCUT2D eigenvalue weighted by atomic mass is 9.75. The average Bonchev–Trinajstić information content (AvgIpc) is 2.30. The fraction of sp³-hybridized carbons (Fsp3) is 0.600. The minimum atomic E-state index is -0.125. The summed E-state index contributed by atoms with van der Waals surface area (Å²) in [6.07, 6.45) is 2.12. The molecule has 0 unspecified atom stereocenters. The van der Waals surface area contributed by atoms with Crippen LogP contribution in [-0.2, 0) is 5.41 Å². The van der Waals surface area contributed by atoms with E-state index in [4.69, 9.17) is 23.2 Å². The van der Waals surface area contributed by atoms with Gasteiger partial charge in [-0.05, 0) is 36.0 Å². The van der Waals surface area contributed by atoms with Crippen molar-refractivity contribution in [1.29, 1.82) is 0 Å². The molecule has 0 N–H and O–H groups in total. The Morgan fingerprint density at radius 2 is 1.67 bits per heavy atom. The van der Waals surface area contributed by atoms with Crippen molar-refractivity contribution in [3.63, 3.8) is 0 Å². The molecular formula is C15H21BrCl2. The Morgan fingerprint density at radius 3 is 2.11 bits per heavy atom. The maximum absolute atomic E-state index is 6.24. The summed E-state index contributed by atoms with van der Waals surface area (Å²) in [6, 6.07) is 8.33. The van der Waals surface area contributed by atoms with Crippen LogP contribution in [-0.4, -0.2) is 11.8 Å². The molecule has 0 radical (unpaired) electrons. The Morgan fingerprint density at radius 1 is 1.06 bits per heavy atom. The van der Waals surface area contributed by atoms with Crippen LogP contribution in [0.4, 0.5) is 0 Å². The highest BCUT2D eigenvalue weighted by atomic mass is 79.9. The zero-order valence-electron chi connectivity index (χ0n) is 11.3. The molecular weight excluding hydrogens is 331 g/mol. The molecule has 0 fully saturated rings. The highest BCUT2D eigenvalue weighted by molar-refractivity contribution is 9.10. The molecule has 0 aromatic heterocycles. The number of hydrogen-bond donors (Lipinski definition) is 0. The Balaban J connectivity index is 2.99. The van der Waals surface area contributed by atoms with E-state index in [0.29, 0.717) is 17.2 Å². The van der Waals surface area contributed by atoms with Crippen molar-refractivity contribution in [2.45, 2.75) is 39.0 Å². The third kappa shape index (κ3) is 4.43. The second-order valence-electron chi connectivity index (χ2n) is 6.12. The molecule has 102 valence electrons. The van der Waals surface area contributed by atoms with Gasteiger partial charge in [0.2, 0.25) is 0 Å². The Bertz CT molecular complexity index is 378. The first-order chi connectivity index (χ1) is 8.33. The third-order valence-electron chi connectivity index (χ3n) is 3.30. The van der Waals surface area contributed by atoms with Crippen LogP contribution in [0, 0.1) is 5.41 Å². The van der Waals surface area contributed by atoms with Gasteiger partial charge in [0.15, 0.2) is 0 Å². The van der Waals surface area contributed by atoms with Gasteiger partial charge >= 0.3 is 0 Å². The van der Waals surface area contributed by atoms with Gasteiger partial charge in [-0.2, -0.15) is 0 Å². The predicted octanol–water partition coefficient (Wildman–Crippen LogP) is 5.99.